The second-order valence-electron chi connectivity index (χ2n) is 16.0. The molecule has 0 aliphatic rings. The van der Waals surface area contributed by atoms with Crippen LogP contribution in [0.5, 0.6) is 0 Å². The summed E-state index contributed by atoms with van der Waals surface area (Å²) >= 11 is 0. The minimum atomic E-state index is 1.09. The zero-order chi connectivity index (χ0) is 41.0. The molecule has 1 heterocycles. The van der Waals surface area contributed by atoms with E-state index in [-0.39, 0.29) is 0 Å². The van der Waals surface area contributed by atoms with E-state index in [1.165, 1.54) is 76.4 Å². The highest BCUT2D eigenvalue weighted by Crippen LogP contribution is 2.49. The third-order valence-corrected chi connectivity index (χ3v) is 12.5. The van der Waals surface area contributed by atoms with Crippen molar-refractivity contribution >= 4 is 71.2 Å². The number of aromatic nitrogens is 1. The van der Waals surface area contributed by atoms with Gasteiger partial charge in [-0.15, -0.1) is 0 Å². The SMILES string of the molecule is c1ccc(-c2c(-c3ccccc3)c3cc(N(c4ccccc4-c4ccc5c(c4)c4ccccc4n5-c4ccccc4)c4cccc5ccccc45)ccc3c3ccccc23)cc1. The fraction of sp³-hybridized carbons (Fsp3) is 0. The molecular weight excluding hydrogens is 749 g/mol. The molecule has 62 heavy (non-hydrogen) atoms. The number of hydrogen-bond acceptors (Lipinski definition) is 1. The van der Waals surface area contributed by atoms with Crippen LogP contribution >= 0.6 is 0 Å². The normalized spacial score (nSPS) is 11.5. The van der Waals surface area contributed by atoms with Gasteiger partial charge in [0.25, 0.3) is 0 Å². The molecule has 12 aromatic rings. The summed E-state index contributed by atoms with van der Waals surface area (Å²) in [7, 11) is 0. The number of para-hydroxylation sites is 3. The Labute approximate surface area is 360 Å². The Morgan fingerprint density at radius 1 is 0.290 bits per heavy atom. The van der Waals surface area contributed by atoms with E-state index in [2.05, 4.69) is 252 Å². The van der Waals surface area contributed by atoms with Crippen molar-refractivity contribution in [2.24, 2.45) is 0 Å². The topological polar surface area (TPSA) is 8.17 Å². The van der Waals surface area contributed by atoms with Crippen molar-refractivity contribution < 1.29 is 0 Å². The summed E-state index contributed by atoms with van der Waals surface area (Å²) in [5.41, 5.74) is 14.1. The standard InChI is InChI=1S/C60H40N2/c1-4-20-42(21-5-1)59-52-31-13-12-29-49(52)50-37-36-46(40-54(50)60(59)43-22-6-2-7-23-43)62(56-34-18-24-41-19-10-11-27-47(41)56)55-32-16-14-28-48(55)44-35-38-58-53(39-44)51-30-15-17-33-57(51)61(58)45-25-8-3-9-26-45/h1-40H. The zero-order valence-corrected chi connectivity index (χ0v) is 34.0. The van der Waals surface area contributed by atoms with E-state index in [0.717, 1.165) is 33.9 Å². The van der Waals surface area contributed by atoms with Crippen LogP contribution in [0.4, 0.5) is 17.1 Å². The second kappa shape index (κ2) is 14.8. The third kappa shape index (κ3) is 5.80. The first kappa shape index (κ1) is 35.7. The lowest BCUT2D eigenvalue weighted by atomic mass is 9.85. The third-order valence-electron chi connectivity index (χ3n) is 12.5. The number of benzene rings is 11. The van der Waals surface area contributed by atoms with Crippen molar-refractivity contribution in [3.63, 3.8) is 0 Å². The van der Waals surface area contributed by atoms with Gasteiger partial charge in [-0.05, 0) is 109 Å². The molecule has 1 aromatic heterocycles. The van der Waals surface area contributed by atoms with Gasteiger partial charge in [-0.1, -0.05) is 188 Å². The minimum absolute atomic E-state index is 1.09. The molecule has 0 radical (unpaired) electrons. The molecule has 0 saturated heterocycles. The number of rotatable bonds is 7. The lowest BCUT2D eigenvalue weighted by Gasteiger charge is -2.30. The van der Waals surface area contributed by atoms with Crippen LogP contribution in [0.15, 0.2) is 243 Å². The Morgan fingerprint density at radius 3 is 1.61 bits per heavy atom. The van der Waals surface area contributed by atoms with Gasteiger partial charge >= 0.3 is 0 Å². The molecule has 0 amide bonds. The van der Waals surface area contributed by atoms with Crippen LogP contribution in [0.2, 0.25) is 0 Å². The summed E-state index contributed by atoms with van der Waals surface area (Å²) in [6, 6.07) is 88.6. The average molecular weight is 789 g/mol. The smallest absolute Gasteiger partial charge is 0.0541 e. The Morgan fingerprint density at radius 2 is 0.839 bits per heavy atom. The quantitative estimate of drug-likeness (QED) is 0.146. The van der Waals surface area contributed by atoms with Crippen molar-refractivity contribution in [2.75, 3.05) is 4.90 Å². The second-order valence-corrected chi connectivity index (χ2v) is 16.0. The molecule has 0 spiro atoms. The van der Waals surface area contributed by atoms with Crippen LogP contribution in [0.1, 0.15) is 0 Å². The Bertz CT molecular complexity index is 3620. The van der Waals surface area contributed by atoms with Crippen molar-refractivity contribution in [3.8, 4) is 39.1 Å². The monoisotopic (exact) mass is 788 g/mol. The molecule has 0 saturated carbocycles. The van der Waals surface area contributed by atoms with E-state index in [0.29, 0.717) is 0 Å². The van der Waals surface area contributed by atoms with Crippen molar-refractivity contribution in [2.45, 2.75) is 0 Å². The van der Waals surface area contributed by atoms with Gasteiger partial charge in [-0.3, -0.25) is 0 Å². The summed E-state index contributed by atoms with van der Waals surface area (Å²) in [5, 5.41) is 9.79. The predicted octanol–water partition coefficient (Wildman–Crippen LogP) is 16.7. The molecule has 0 aliphatic heterocycles. The van der Waals surface area contributed by atoms with E-state index in [4.69, 9.17) is 0 Å². The first-order valence-electron chi connectivity index (χ1n) is 21.4. The number of nitrogens with zero attached hydrogens (tertiary/aromatic N) is 2. The molecule has 0 unspecified atom stereocenters. The van der Waals surface area contributed by atoms with E-state index in [9.17, 15) is 0 Å². The van der Waals surface area contributed by atoms with Crippen LogP contribution in [0, 0.1) is 0 Å². The Hall–Kier alpha value is -8.20. The lowest BCUT2D eigenvalue weighted by Crippen LogP contribution is -2.12. The van der Waals surface area contributed by atoms with Gasteiger partial charge < -0.3 is 9.47 Å². The van der Waals surface area contributed by atoms with Crippen molar-refractivity contribution in [1.29, 1.82) is 0 Å². The van der Waals surface area contributed by atoms with Gasteiger partial charge in [0.05, 0.1) is 22.4 Å². The van der Waals surface area contributed by atoms with Gasteiger partial charge in [-0.2, -0.15) is 0 Å². The van der Waals surface area contributed by atoms with Gasteiger partial charge in [0.2, 0.25) is 0 Å². The molecular formula is C60H40N2. The highest BCUT2D eigenvalue weighted by molar-refractivity contribution is 6.22. The maximum atomic E-state index is 2.49. The highest BCUT2D eigenvalue weighted by atomic mass is 15.1. The molecule has 12 rings (SSSR count). The first-order chi connectivity index (χ1) is 30.8. The summed E-state index contributed by atoms with van der Waals surface area (Å²) in [6.45, 7) is 0. The maximum absolute atomic E-state index is 2.49. The number of fused-ring (bicyclic) bond motifs is 7. The zero-order valence-electron chi connectivity index (χ0n) is 34.0. The molecule has 0 bridgehead atoms. The van der Waals surface area contributed by atoms with E-state index in [1.54, 1.807) is 0 Å². The van der Waals surface area contributed by atoms with E-state index < -0.39 is 0 Å². The fourth-order valence-corrected chi connectivity index (χ4v) is 9.85. The molecule has 290 valence electrons. The van der Waals surface area contributed by atoms with Gasteiger partial charge in [0.15, 0.2) is 0 Å². The number of hydrogen-bond donors (Lipinski definition) is 0. The lowest BCUT2D eigenvalue weighted by molar-refractivity contribution is 1.18. The van der Waals surface area contributed by atoms with Crippen molar-refractivity contribution in [3.05, 3.63) is 243 Å². The molecule has 0 N–H and O–H groups in total. The average Bonchev–Trinajstić information content (AvgIpc) is 3.68. The van der Waals surface area contributed by atoms with Crippen LogP contribution in [0.25, 0.3) is 93.2 Å². The van der Waals surface area contributed by atoms with Gasteiger partial charge in [0, 0.05) is 33.1 Å². The van der Waals surface area contributed by atoms with Crippen LogP contribution < -0.4 is 4.90 Å². The molecule has 2 nitrogen and oxygen atoms in total. The van der Waals surface area contributed by atoms with Crippen LogP contribution in [-0.4, -0.2) is 4.57 Å². The summed E-state index contributed by atoms with van der Waals surface area (Å²) in [4.78, 5) is 2.49. The molecule has 0 atom stereocenters. The van der Waals surface area contributed by atoms with Crippen LogP contribution in [0.3, 0.4) is 0 Å². The summed E-state index contributed by atoms with van der Waals surface area (Å²) in [6.07, 6.45) is 0. The fourth-order valence-electron chi connectivity index (χ4n) is 9.85. The van der Waals surface area contributed by atoms with Crippen LogP contribution in [-0.2, 0) is 0 Å². The molecule has 11 aromatic carbocycles. The van der Waals surface area contributed by atoms with E-state index in [1.807, 2.05) is 0 Å². The minimum Gasteiger partial charge on any atom is -0.309 e. The molecule has 0 aliphatic carbocycles. The Balaban J connectivity index is 1.15. The van der Waals surface area contributed by atoms with Crippen molar-refractivity contribution in [1.82, 2.24) is 4.57 Å². The maximum Gasteiger partial charge on any atom is 0.0541 e. The molecule has 0 fully saturated rings. The highest BCUT2D eigenvalue weighted by Gasteiger charge is 2.23. The van der Waals surface area contributed by atoms with E-state index >= 15 is 0 Å². The van der Waals surface area contributed by atoms with Gasteiger partial charge in [0.1, 0.15) is 0 Å². The Kier molecular flexibility index (Phi) is 8.53. The predicted molar refractivity (Wildman–Crippen MR) is 264 cm³/mol. The largest absolute Gasteiger partial charge is 0.309 e. The molecule has 2 heteroatoms. The summed E-state index contributed by atoms with van der Waals surface area (Å²) in [5.74, 6) is 0. The number of anilines is 3. The first-order valence-corrected chi connectivity index (χ1v) is 21.4. The summed E-state index contributed by atoms with van der Waals surface area (Å²) < 4.78 is 2.38. The van der Waals surface area contributed by atoms with Gasteiger partial charge in [-0.25, -0.2) is 0 Å².